The Labute approximate surface area is 82.5 Å². The van der Waals surface area contributed by atoms with Crippen LogP contribution >= 0.6 is 0 Å². The molecule has 0 radical (unpaired) electrons. The zero-order valence-electron chi connectivity index (χ0n) is 8.40. The molecule has 3 N–H and O–H groups in total. The molecule has 0 aliphatic heterocycles. The molecule has 1 rings (SSSR count). The Balaban J connectivity index is 2.83. The maximum atomic E-state index is 10.5. The van der Waals surface area contributed by atoms with Gasteiger partial charge in [0.05, 0.1) is 6.42 Å². The Morgan fingerprint density at radius 1 is 1.79 bits per heavy atom. The number of nitrogen functional groups attached to an aromatic ring is 1. The SMILES string of the molecule is CCn1cc(C(C)CC(=O)O)c(N)n1. The molecule has 1 atom stereocenters. The van der Waals surface area contributed by atoms with E-state index in [4.69, 9.17) is 10.8 Å². The van der Waals surface area contributed by atoms with E-state index in [0.29, 0.717) is 5.82 Å². The molecule has 0 spiro atoms. The Morgan fingerprint density at radius 2 is 2.43 bits per heavy atom. The smallest absolute Gasteiger partial charge is 0.303 e. The Kier molecular flexibility index (Phi) is 3.11. The predicted molar refractivity (Wildman–Crippen MR) is 53.0 cm³/mol. The fourth-order valence-corrected chi connectivity index (χ4v) is 1.37. The Bertz CT molecular complexity index is 333. The van der Waals surface area contributed by atoms with Crippen molar-refractivity contribution in [1.29, 1.82) is 0 Å². The predicted octanol–water partition coefficient (Wildman–Crippen LogP) is 1.06. The number of carboxylic acids is 1. The molecule has 1 unspecified atom stereocenters. The van der Waals surface area contributed by atoms with Crippen LogP contribution in [0, 0.1) is 0 Å². The monoisotopic (exact) mass is 197 g/mol. The number of aromatic nitrogens is 2. The number of aryl methyl sites for hydroxylation is 1. The van der Waals surface area contributed by atoms with E-state index in [1.165, 1.54) is 0 Å². The first-order valence-electron chi connectivity index (χ1n) is 4.59. The summed E-state index contributed by atoms with van der Waals surface area (Å²) in [6, 6.07) is 0. The van der Waals surface area contributed by atoms with Crippen LogP contribution in [0.25, 0.3) is 0 Å². The summed E-state index contributed by atoms with van der Waals surface area (Å²) in [6.07, 6.45) is 1.89. The summed E-state index contributed by atoms with van der Waals surface area (Å²) in [6.45, 7) is 4.53. The van der Waals surface area contributed by atoms with Crippen molar-refractivity contribution < 1.29 is 9.90 Å². The zero-order chi connectivity index (χ0) is 10.7. The molecule has 1 aromatic rings. The van der Waals surface area contributed by atoms with Crippen molar-refractivity contribution in [2.45, 2.75) is 32.7 Å². The number of anilines is 1. The molecule has 0 saturated heterocycles. The summed E-state index contributed by atoms with van der Waals surface area (Å²) in [5, 5.41) is 12.7. The molecule has 0 bridgehead atoms. The van der Waals surface area contributed by atoms with Crippen LogP contribution in [0.1, 0.15) is 31.7 Å². The van der Waals surface area contributed by atoms with Gasteiger partial charge in [-0.2, -0.15) is 5.10 Å². The van der Waals surface area contributed by atoms with E-state index >= 15 is 0 Å². The lowest BCUT2D eigenvalue weighted by Gasteiger charge is -2.05. The Morgan fingerprint density at radius 3 is 2.86 bits per heavy atom. The van der Waals surface area contributed by atoms with Gasteiger partial charge in [0.25, 0.3) is 0 Å². The van der Waals surface area contributed by atoms with Gasteiger partial charge in [0.1, 0.15) is 5.82 Å². The second-order valence-electron chi connectivity index (χ2n) is 3.32. The van der Waals surface area contributed by atoms with Crippen LogP contribution in [-0.2, 0) is 11.3 Å². The lowest BCUT2D eigenvalue weighted by atomic mass is 10.0. The molecule has 5 nitrogen and oxygen atoms in total. The fourth-order valence-electron chi connectivity index (χ4n) is 1.37. The first-order chi connectivity index (χ1) is 6.54. The van der Waals surface area contributed by atoms with Crippen LogP contribution in [0.3, 0.4) is 0 Å². The van der Waals surface area contributed by atoms with E-state index in [2.05, 4.69) is 5.10 Å². The van der Waals surface area contributed by atoms with Crippen LogP contribution in [-0.4, -0.2) is 20.9 Å². The molecule has 1 heterocycles. The number of rotatable bonds is 4. The van der Waals surface area contributed by atoms with Crippen LogP contribution in [0.4, 0.5) is 5.82 Å². The first kappa shape index (κ1) is 10.6. The van der Waals surface area contributed by atoms with Crippen LogP contribution < -0.4 is 5.73 Å². The van der Waals surface area contributed by atoms with Gasteiger partial charge in [0.2, 0.25) is 0 Å². The third-order valence-corrected chi connectivity index (χ3v) is 2.16. The van der Waals surface area contributed by atoms with Crippen molar-refractivity contribution in [2.75, 3.05) is 5.73 Å². The number of hydrogen-bond donors (Lipinski definition) is 2. The minimum absolute atomic E-state index is 0.0829. The summed E-state index contributed by atoms with van der Waals surface area (Å²) in [4.78, 5) is 10.5. The highest BCUT2D eigenvalue weighted by Crippen LogP contribution is 2.23. The summed E-state index contributed by atoms with van der Waals surface area (Å²) < 4.78 is 1.71. The normalized spacial score (nSPS) is 12.7. The van der Waals surface area contributed by atoms with Gasteiger partial charge in [-0.15, -0.1) is 0 Å². The number of carbonyl (C=O) groups is 1. The molecular weight excluding hydrogens is 182 g/mol. The van der Waals surface area contributed by atoms with E-state index in [1.54, 1.807) is 4.68 Å². The second kappa shape index (κ2) is 4.13. The summed E-state index contributed by atoms with van der Waals surface area (Å²) in [5.74, 6) is -0.477. The maximum Gasteiger partial charge on any atom is 0.303 e. The van der Waals surface area contributed by atoms with E-state index in [0.717, 1.165) is 12.1 Å². The molecule has 0 saturated carbocycles. The number of nitrogens with zero attached hydrogens (tertiary/aromatic N) is 2. The molecule has 0 aromatic carbocycles. The highest BCUT2D eigenvalue weighted by molar-refractivity contribution is 5.68. The van der Waals surface area contributed by atoms with E-state index in [-0.39, 0.29) is 12.3 Å². The number of hydrogen-bond acceptors (Lipinski definition) is 3. The number of nitrogens with two attached hydrogens (primary N) is 1. The van der Waals surface area contributed by atoms with Crippen molar-refractivity contribution in [3.8, 4) is 0 Å². The highest BCUT2D eigenvalue weighted by atomic mass is 16.4. The third-order valence-electron chi connectivity index (χ3n) is 2.16. The summed E-state index contributed by atoms with van der Waals surface area (Å²) >= 11 is 0. The molecule has 0 aliphatic rings. The van der Waals surface area contributed by atoms with Gasteiger partial charge in [-0.1, -0.05) is 6.92 Å². The molecule has 5 heteroatoms. The standard InChI is InChI=1S/C9H15N3O2/c1-3-12-5-7(9(10)11-12)6(2)4-8(13)14/h5-6H,3-4H2,1-2H3,(H2,10,11)(H,13,14). The number of carboxylic acid groups (broad SMARTS) is 1. The van der Waals surface area contributed by atoms with Gasteiger partial charge in [-0.25, -0.2) is 0 Å². The van der Waals surface area contributed by atoms with E-state index < -0.39 is 5.97 Å². The van der Waals surface area contributed by atoms with Gasteiger partial charge >= 0.3 is 5.97 Å². The maximum absolute atomic E-state index is 10.5. The third kappa shape index (κ3) is 2.25. The van der Waals surface area contributed by atoms with Crippen molar-refractivity contribution in [2.24, 2.45) is 0 Å². The van der Waals surface area contributed by atoms with Crippen molar-refractivity contribution in [1.82, 2.24) is 9.78 Å². The van der Waals surface area contributed by atoms with Crippen LogP contribution in [0.5, 0.6) is 0 Å². The molecule has 1 aromatic heterocycles. The van der Waals surface area contributed by atoms with E-state index in [9.17, 15) is 4.79 Å². The number of aliphatic carboxylic acids is 1. The minimum Gasteiger partial charge on any atom is -0.481 e. The largest absolute Gasteiger partial charge is 0.481 e. The average molecular weight is 197 g/mol. The lowest BCUT2D eigenvalue weighted by Crippen LogP contribution is -2.04. The highest BCUT2D eigenvalue weighted by Gasteiger charge is 2.15. The average Bonchev–Trinajstić information content (AvgIpc) is 2.45. The molecule has 0 fully saturated rings. The molecular formula is C9H15N3O2. The molecule has 14 heavy (non-hydrogen) atoms. The quantitative estimate of drug-likeness (QED) is 0.756. The first-order valence-corrected chi connectivity index (χ1v) is 4.59. The summed E-state index contributed by atoms with van der Waals surface area (Å²) in [7, 11) is 0. The van der Waals surface area contributed by atoms with Gasteiger partial charge in [0, 0.05) is 18.3 Å². The van der Waals surface area contributed by atoms with Crippen molar-refractivity contribution >= 4 is 11.8 Å². The molecule has 0 aliphatic carbocycles. The molecule has 0 amide bonds. The van der Waals surface area contributed by atoms with Gasteiger partial charge in [-0.05, 0) is 12.8 Å². The second-order valence-corrected chi connectivity index (χ2v) is 3.32. The van der Waals surface area contributed by atoms with Gasteiger partial charge in [-0.3, -0.25) is 9.48 Å². The van der Waals surface area contributed by atoms with Crippen LogP contribution in [0.15, 0.2) is 6.20 Å². The summed E-state index contributed by atoms with van der Waals surface area (Å²) in [5.41, 5.74) is 6.48. The van der Waals surface area contributed by atoms with Gasteiger partial charge in [0.15, 0.2) is 0 Å². The van der Waals surface area contributed by atoms with Crippen LogP contribution in [0.2, 0.25) is 0 Å². The minimum atomic E-state index is -0.818. The van der Waals surface area contributed by atoms with Gasteiger partial charge < -0.3 is 10.8 Å². The van der Waals surface area contributed by atoms with Crippen molar-refractivity contribution in [3.63, 3.8) is 0 Å². The molecule has 78 valence electrons. The zero-order valence-corrected chi connectivity index (χ0v) is 8.40. The van der Waals surface area contributed by atoms with E-state index in [1.807, 2.05) is 20.0 Å². The lowest BCUT2D eigenvalue weighted by molar-refractivity contribution is -0.137. The van der Waals surface area contributed by atoms with Crippen molar-refractivity contribution in [3.05, 3.63) is 11.8 Å². The Hall–Kier alpha value is -1.52. The fraction of sp³-hybridized carbons (Fsp3) is 0.556. The topological polar surface area (TPSA) is 81.1 Å².